The highest BCUT2D eigenvalue weighted by atomic mass is 16.5. The predicted octanol–water partition coefficient (Wildman–Crippen LogP) is 8.15. The second-order valence-corrected chi connectivity index (χ2v) is 11.0. The molecule has 1 aromatic rings. The largest absolute Gasteiger partial charge is 0.490 e. The second-order valence-electron chi connectivity index (χ2n) is 11.0. The van der Waals surface area contributed by atoms with Gasteiger partial charge in [-0.05, 0) is 131 Å². The Bertz CT molecular complexity index is 802. The van der Waals surface area contributed by atoms with Gasteiger partial charge in [-0.25, -0.2) is 0 Å². The molecule has 0 aromatic heterocycles. The summed E-state index contributed by atoms with van der Waals surface area (Å²) >= 11 is 0. The van der Waals surface area contributed by atoms with Gasteiger partial charge >= 0.3 is 5.97 Å². The predicted molar refractivity (Wildman–Crippen MR) is 139 cm³/mol. The number of esters is 1. The number of fused-ring (bicyclic) bond motifs is 1. The van der Waals surface area contributed by atoms with Gasteiger partial charge in [0.05, 0.1) is 5.92 Å². The third-order valence-corrected chi connectivity index (χ3v) is 8.92. The lowest BCUT2D eigenvalue weighted by Crippen LogP contribution is -2.35. The summed E-state index contributed by atoms with van der Waals surface area (Å²) in [5, 5.41) is 0. The van der Waals surface area contributed by atoms with Crippen molar-refractivity contribution in [2.24, 2.45) is 35.5 Å². The molecule has 4 rings (SSSR count). The van der Waals surface area contributed by atoms with Crippen molar-refractivity contribution in [3.05, 3.63) is 49.1 Å². The van der Waals surface area contributed by atoms with Crippen LogP contribution in [0.1, 0.15) is 84.0 Å². The van der Waals surface area contributed by atoms with Gasteiger partial charge < -0.3 is 9.47 Å². The van der Waals surface area contributed by atoms with E-state index in [1.807, 2.05) is 24.3 Å². The van der Waals surface area contributed by atoms with Crippen LogP contribution in [0, 0.1) is 35.5 Å². The van der Waals surface area contributed by atoms with E-state index in [0.29, 0.717) is 12.4 Å². The van der Waals surface area contributed by atoms with E-state index in [-0.39, 0.29) is 11.9 Å². The molecule has 0 N–H and O–H groups in total. The van der Waals surface area contributed by atoms with E-state index < -0.39 is 0 Å². The average molecular weight is 465 g/mol. The average Bonchev–Trinajstić information content (AvgIpc) is 2.88. The van der Waals surface area contributed by atoms with Crippen LogP contribution >= 0.6 is 0 Å². The lowest BCUT2D eigenvalue weighted by molar-refractivity contribution is -0.140. The molecule has 0 spiro atoms. The Morgan fingerprint density at radius 1 is 0.882 bits per heavy atom. The molecule has 0 saturated heterocycles. The van der Waals surface area contributed by atoms with Crippen molar-refractivity contribution in [2.75, 3.05) is 6.61 Å². The van der Waals surface area contributed by atoms with E-state index in [2.05, 4.69) is 25.7 Å². The fourth-order valence-electron chi connectivity index (χ4n) is 7.00. The summed E-state index contributed by atoms with van der Waals surface area (Å²) in [4.78, 5) is 12.7. The molecule has 3 fully saturated rings. The summed E-state index contributed by atoms with van der Waals surface area (Å²) in [6.07, 6.45) is 22.0. The summed E-state index contributed by atoms with van der Waals surface area (Å²) in [6, 6.07) is 7.31. The van der Waals surface area contributed by atoms with E-state index in [9.17, 15) is 4.79 Å². The van der Waals surface area contributed by atoms with Crippen LogP contribution < -0.4 is 9.47 Å². The minimum absolute atomic E-state index is 0.0527. The maximum atomic E-state index is 12.7. The summed E-state index contributed by atoms with van der Waals surface area (Å²) < 4.78 is 11.2. The monoisotopic (exact) mass is 464 g/mol. The molecule has 1 aromatic carbocycles. The Hall–Kier alpha value is -2.03. The molecule has 0 amide bonds. The number of rotatable bonds is 9. The number of hydrogen-bond acceptors (Lipinski definition) is 3. The quantitative estimate of drug-likeness (QED) is 0.210. The topological polar surface area (TPSA) is 35.5 Å². The molecule has 34 heavy (non-hydrogen) atoms. The van der Waals surface area contributed by atoms with Crippen molar-refractivity contribution >= 4 is 5.97 Å². The number of hydrogen-bond donors (Lipinski definition) is 0. The third-order valence-electron chi connectivity index (χ3n) is 8.92. The zero-order valence-corrected chi connectivity index (χ0v) is 21.1. The van der Waals surface area contributed by atoms with Gasteiger partial charge in [-0.15, -0.1) is 0 Å². The van der Waals surface area contributed by atoms with Gasteiger partial charge in [0.15, 0.2) is 0 Å². The van der Waals surface area contributed by atoms with E-state index in [4.69, 9.17) is 9.47 Å². The standard InChI is InChI=1S/C31H44O3/c1-3-5-6-7-23-8-9-28-22-27(15-14-26(28)21-23)24-10-12-25(13-11-24)31(32)34-30-18-16-29(17-19-30)33-20-4-2/h3-5,16-19,23-28H,2,6-15,20-22H2,1H3/b5-3+. The maximum absolute atomic E-state index is 12.7. The van der Waals surface area contributed by atoms with Gasteiger partial charge in [-0.3, -0.25) is 4.79 Å². The third kappa shape index (κ3) is 6.77. The molecular weight excluding hydrogens is 420 g/mol. The van der Waals surface area contributed by atoms with E-state index in [0.717, 1.165) is 48.2 Å². The molecule has 3 nitrogen and oxygen atoms in total. The number of allylic oxidation sites excluding steroid dienone is 2. The van der Waals surface area contributed by atoms with Crippen LogP contribution in [0.15, 0.2) is 49.1 Å². The first-order chi connectivity index (χ1) is 16.7. The van der Waals surface area contributed by atoms with Crippen LogP contribution in [0.3, 0.4) is 0 Å². The summed E-state index contributed by atoms with van der Waals surface area (Å²) in [7, 11) is 0. The molecule has 3 aliphatic carbocycles. The van der Waals surface area contributed by atoms with Crippen LogP contribution in [0.5, 0.6) is 11.5 Å². The number of ether oxygens (including phenoxy) is 2. The van der Waals surface area contributed by atoms with Crippen molar-refractivity contribution in [1.29, 1.82) is 0 Å². The van der Waals surface area contributed by atoms with Gasteiger partial charge in [-0.1, -0.05) is 31.2 Å². The number of benzene rings is 1. The number of carbonyl (C=O) groups excluding carboxylic acids is 1. The Morgan fingerprint density at radius 3 is 2.21 bits per heavy atom. The molecule has 3 saturated carbocycles. The highest BCUT2D eigenvalue weighted by Crippen LogP contribution is 2.49. The first-order valence-corrected chi connectivity index (χ1v) is 13.8. The van der Waals surface area contributed by atoms with Crippen LogP contribution in [-0.2, 0) is 4.79 Å². The van der Waals surface area contributed by atoms with E-state index >= 15 is 0 Å². The van der Waals surface area contributed by atoms with E-state index in [1.54, 1.807) is 6.08 Å². The Morgan fingerprint density at radius 2 is 1.50 bits per heavy atom. The van der Waals surface area contributed by atoms with Gasteiger partial charge in [0.2, 0.25) is 0 Å². The van der Waals surface area contributed by atoms with Crippen molar-refractivity contribution in [2.45, 2.75) is 84.0 Å². The molecule has 3 aliphatic rings. The highest BCUT2D eigenvalue weighted by Gasteiger charge is 2.39. The van der Waals surface area contributed by atoms with Gasteiger partial charge in [0.25, 0.3) is 0 Å². The molecule has 4 atom stereocenters. The van der Waals surface area contributed by atoms with Crippen molar-refractivity contribution in [3.8, 4) is 11.5 Å². The van der Waals surface area contributed by atoms with Gasteiger partial charge in [-0.2, -0.15) is 0 Å². The molecule has 0 radical (unpaired) electrons. The summed E-state index contributed by atoms with van der Waals surface area (Å²) in [5.74, 6) is 5.99. The van der Waals surface area contributed by atoms with E-state index in [1.165, 1.54) is 64.2 Å². The van der Waals surface area contributed by atoms with Crippen molar-refractivity contribution in [1.82, 2.24) is 0 Å². The van der Waals surface area contributed by atoms with Crippen LogP contribution in [0.25, 0.3) is 0 Å². The Balaban J connectivity index is 1.18. The highest BCUT2D eigenvalue weighted by molar-refractivity contribution is 5.75. The Kier molecular flexibility index (Phi) is 9.30. The normalized spacial score (nSPS) is 31.6. The zero-order valence-electron chi connectivity index (χ0n) is 21.1. The first-order valence-electron chi connectivity index (χ1n) is 13.8. The lowest BCUT2D eigenvalue weighted by atomic mass is 9.60. The van der Waals surface area contributed by atoms with Crippen molar-refractivity contribution in [3.63, 3.8) is 0 Å². The second kappa shape index (κ2) is 12.6. The smallest absolute Gasteiger partial charge is 0.314 e. The van der Waals surface area contributed by atoms with Crippen molar-refractivity contribution < 1.29 is 14.3 Å². The molecule has 0 heterocycles. The van der Waals surface area contributed by atoms with Gasteiger partial charge in [0.1, 0.15) is 18.1 Å². The van der Waals surface area contributed by atoms with Crippen LogP contribution in [-0.4, -0.2) is 12.6 Å². The fourth-order valence-corrected chi connectivity index (χ4v) is 7.00. The number of carbonyl (C=O) groups is 1. The van der Waals surface area contributed by atoms with Gasteiger partial charge in [0, 0.05) is 0 Å². The maximum Gasteiger partial charge on any atom is 0.314 e. The molecular formula is C31H44O3. The van der Waals surface area contributed by atoms with Crippen LogP contribution in [0.4, 0.5) is 0 Å². The fraction of sp³-hybridized carbons (Fsp3) is 0.645. The minimum Gasteiger partial charge on any atom is -0.490 e. The van der Waals surface area contributed by atoms with Crippen LogP contribution in [0.2, 0.25) is 0 Å². The summed E-state index contributed by atoms with van der Waals surface area (Å²) in [5.41, 5.74) is 0. The Labute approximate surface area is 207 Å². The first kappa shape index (κ1) is 25.1. The SMILES string of the molecule is C=CCOc1ccc(OC(=O)C2CCC(C3CCC4CC(CC/C=C/C)CCC4C3)CC2)cc1. The molecule has 3 heteroatoms. The molecule has 186 valence electrons. The molecule has 0 aliphatic heterocycles. The lowest BCUT2D eigenvalue weighted by Gasteiger charge is -2.45. The molecule has 4 unspecified atom stereocenters. The minimum atomic E-state index is -0.0573. The zero-order chi connectivity index (χ0) is 23.8. The summed E-state index contributed by atoms with van der Waals surface area (Å²) in [6.45, 7) is 6.26. The molecule has 0 bridgehead atoms.